The van der Waals surface area contributed by atoms with Crippen molar-refractivity contribution in [1.82, 2.24) is 5.32 Å². The number of morpholine rings is 1. The number of halogens is 2. The predicted octanol–water partition coefficient (Wildman–Crippen LogP) is 2.72. The number of carbonyl (C=O) groups excluding carboxylic acids is 2. The summed E-state index contributed by atoms with van der Waals surface area (Å²) in [6.45, 7) is 2.60. The zero-order chi connectivity index (χ0) is 19.9. The van der Waals surface area contributed by atoms with E-state index in [1.54, 1.807) is 12.1 Å². The lowest BCUT2D eigenvalue weighted by molar-refractivity contribution is -0.123. The lowest BCUT2D eigenvalue weighted by Crippen LogP contribution is -2.37. The van der Waals surface area contributed by atoms with Gasteiger partial charge in [0.15, 0.2) is 0 Å². The van der Waals surface area contributed by atoms with Gasteiger partial charge in [0.05, 0.1) is 37.6 Å². The number of amides is 2. The van der Waals surface area contributed by atoms with Crippen LogP contribution < -0.4 is 15.5 Å². The number of rotatable bonds is 6. The molecule has 0 radical (unpaired) electrons. The summed E-state index contributed by atoms with van der Waals surface area (Å²) in [5.41, 5.74) is 2.13. The SMILES string of the molecule is O=C(Cc1cccc(F)c1)NCC(=O)Nc1cc(Br)ccc1N1CCOCC1. The third kappa shape index (κ3) is 5.77. The molecule has 1 aliphatic rings. The maximum Gasteiger partial charge on any atom is 0.243 e. The Labute approximate surface area is 171 Å². The highest BCUT2D eigenvalue weighted by atomic mass is 79.9. The number of ether oxygens (including phenoxy) is 1. The van der Waals surface area contributed by atoms with Crippen molar-refractivity contribution in [3.05, 3.63) is 58.3 Å². The fourth-order valence-electron chi connectivity index (χ4n) is 2.96. The minimum atomic E-state index is -0.395. The minimum absolute atomic E-state index is 0.0148. The molecular formula is C20H21BrFN3O3. The van der Waals surface area contributed by atoms with Gasteiger partial charge in [0, 0.05) is 17.6 Å². The summed E-state index contributed by atoms with van der Waals surface area (Å²) in [5.74, 6) is -1.07. The molecule has 2 amide bonds. The molecule has 0 saturated carbocycles. The molecule has 0 unspecified atom stereocenters. The van der Waals surface area contributed by atoms with Gasteiger partial charge in [-0.25, -0.2) is 4.39 Å². The van der Waals surface area contributed by atoms with E-state index in [1.165, 1.54) is 12.1 Å². The Morgan fingerprint density at radius 2 is 1.89 bits per heavy atom. The van der Waals surface area contributed by atoms with Crippen molar-refractivity contribution in [2.75, 3.05) is 43.1 Å². The van der Waals surface area contributed by atoms with Crippen molar-refractivity contribution in [1.29, 1.82) is 0 Å². The van der Waals surface area contributed by atoms with E-state index >= 15 is 0 Å². The van der Waals surface area contributed by atoms with Crippen LogP contribution in [0, 0.1) is 5.82 Å². The molecule has 1 aliphatic heterocycles. The highest BCUT2D eigenvalue weighted by Crippen LogP contribution is 2.30. The molecule has 28 heavy (non-hydrogen) atoms. The third-order valence-electron chi connectivity index (χ3n) is 4.28. The zero-order valence-electron chi connectivity index (χ0n) is 15.2. The molecule has 148 valence electrons. The van der Waals surface area contributed by atoms with Gasteiger partial charge in [-0.2, -0.15) is 0 Å². The van der Waals surface area contributed by atoms with Crippen molar-refractivity contribution in [3.63, 3.8) is 0 Å². The van der Waals surface area contributed by atoms with E-state index in [4.69, 9.17) is 4.74 Å². The maximum atomic E-state index is 13.2. The van der Waals surface area contributed by atoms with Gasteiger partial charge in [0.25, 0.3) is 0 Å². The Balaban J connectivity index is 1.57. The standard InChI is InChI=1S/C20H21BrFN3O3/c21-15-4-5-18(25-6-8-28-9-7-25)17(12-15)24-20(27)13-23-19(26)11-14-2-1-3-16(22)10-14/h1-5,10,12H,6-9,11,13H2,(H,23,26)(H,24,27). The van der Waals surface area contributed by atoms with Gasteiger partial charge in [-0.1, -0.05) is 28.1 Å². The number of anilines is 2. The quantitative estimate of drug-likeness (QED) is 0.711. The number of nitrogens with zero attached hydrogens (tertiary/aromatic N) is 1. The van der Waals surface area contributed by atoms with Crippen LogP contribution in [0.1, 0.15) is 5.56 Å². The highest BCUT2D eigenvalue weighted by molar-refractivity contribution is 9.10. The molecule has 2 aromatic rings. The molecule has 0 aliphatic carbocycles. The van der Waals surface area contributed by atoms with Gasteiger partial charge in [-0.05, 0) is 35.9 Å². The van der Waals surface area contributed by atoms with E-state index in [0.29, 0.717) is 24.5 Å². The average Bonchev–Trinajstić information content (AvgIpc) is 2.67. The molecule has 1 heterocycles. The molecule has 1 saturated heterocycles. The van der Waals surface area contributed by atoms with Crippen molar-refractivity contribution < 1.29 is 18.7 Å². The summed E-state index contributed by atoms with van der Waals surface area (Å²) in [7, 11) is 0. The average molecular weight is 450 g/mol. The van der Waals surface area contributed by atoms with E-state index in [0.717, 1.165) is 23.2 Å². The van der Waals surface area contributed by atoms with Gasteiger partial charge in [-0.15, -0.1) is 0 Å². The molecular weight excluding hydrogens is 429 g/mol. The molecule has 2 N–H and O–H groups in total. The summed E-state index contributed by atoms with van der Waals surface area (Å²) >= 11 is 3.42. The third-order valence-corrected chi connectivity index (χ3v) is 4.78. The van der Waals surface area contributed by atoms with Gasteiger partial charge >= 0.3 is 0 Å². The first-order chi connectivity index (χ1) is 13.5. The molecule has 6 nitrogen and oxygen atoms in total. The fraction of sp³-hybridized carbons (Fsp3) is 0.300. The summed E-state index contributed by atoms with van der Waals surface area (Å²) in [4.78, 5) is 26.5. The Hall–Kier alpha value is -2.45. The second-order valence-electron chi connectivity index (χ2n) is 6.39. The summed E-state index contributed by atoms with van der Waals surface area (Å²) in [6.07, 6.45) is 0.0148. The van der Waals surface area contributed by atoms with E-state index in [2.05, 4.69) is 31.5 Å². The molecule has 0 spiro atoms. The Morgan fingerprint density at radius 3 is 2.64 bits per heavy atom. The van der Waals surface area contributed by atoms with Crippen LogP contribution in [-0.2, 0) is 20.7 Å². The molecule has 0 bridgehead atoms. The van der Waals surface area contributed by atoms with Gasteiger partial charge in [0.2, 0.25) is 11.8 Å². The van der Waals surface area contributed by atoms with E-state index in [9.17, 15) is 14.0 Å². The Kier molecular flexibility index (Phi) is 7.00. The van der Waals surface area contributed by atoms with Crippen LogP contribution in [0.15, 0.2) is 46.9 Å². The van der Waals surface area contributed by atoms with Crippen LogP contribution in [-0.4, -0.2) is 44.7 Å². The van der Waals surface area contributed by atoms with E-state index < -0.39 is 5.82 Å². The smallest absolute Gasteiger partial charge is 0.243 e. The van der Waals surface area contributed by atoms with E-state index in [1.807, 2.05) is 18.2 Å². The van der Waals surface area contributed by atoms with Gasteiger partial charge in [0.1, 0.15) is 5.82 Å². The van der Waals surface area contributed by atoms with E-state index in [-0.39, 0.29) is 24.8 Å². The Morgan fingerprint density at radius 1 is 1.11 bits per heavy atom. The summed E-state index contributed by atoms with van der Waals surface area (Å²) in [5, 5.41) is 5.42. The number of carbonyl (C=O) groups is 2. The van der Waals surface area contributed by atoms with Gasteiger partial charge in [-0.3, -0.25) is 9.59 Å². The Bertz CT molecular complexity index is 856. The van der Waals surface area contributed by atoms with Crippen LogP contribution in [0.3, 0.4) is 0 Å². The minimum Gasteiger partial charge on any atom is -0.378 e. The van der Waals surface area contributed by atoms with Crippen molar-refractivity contribution in [2.24, 2.45) is 0 Å². The molecule has 2 aromatic carbocycles. The lowest BCUT2D eigenvalue weighted by Gasteiger charge is -2.30. The van der Waals surface area contributed by atoms with Crippen molar-refractivity contribution in [3.8, 4) is 0 Å². The molecule has 8 heteroatoms. The number of hydrogen-bond donors (Lipinski definition) is 2. The van der Waals surface area contributed by atoms with Crippen LogP contribution in [0.25, 0.3) is 0 Å². The topological polar surface area (TPSA) is 70.7 Å². The first kappa shape index (κ1) is 20.3. The first-order valence-corrected chi connectivity index (χ1v) is 9.74. The van der Waals surface area contributed by atoms with Crippen molar-refractivity contribution in [2.45, 2.75) is 6.42 Å². The largest absolute Gasteiger partial charge is 0.378 e. The second kappa shape index (κ2) is 9.66. The zero-order valence-corrected chi connectivity index (χ0v) is 16.8. The second-order valence-corrected chi connectivity index (χ2v) is 7.31. The summed E-state index contributed by atoms with van der Waals surface area (Å²) in [6, 6.07) is 11.5. The van der Waals surface area contributed by atoms with Crippen LogP contribution >= 0.6 is 15.9 Å². The number of nitrogens with one attached hydrogen (secondary N) is 2. The van der Waals surface area contributed by atoms with Crippen LogP contribution in [0.4, 0.5) is 15.8 Å². The maximum absolute atomic E-state index is 13.2. The van der Waals surface area contributed by atoms with Gasteiger partial charge < -0.3 is 20.3 Å². The molecule has 3 rings (SSSR count). The lowest BCUT2D eigenvalue weighted by atomic mass is 10.1. The number of hydrogen-bond acceptors (Lipinski definition) is 4. The molecule has 1 fully saturated rings. The van der Waals surface area contributed by atoms with Crippen molar-refractivity contribution >= 4 is 39.1 Å². The fourth-order valence-corrected chi connectivity index (χ4v) is 3.32. The predicted molar refractivity (Wildman–Crippen MR) is 109 cm³/mol. The molecule has 0 aromatic heterocycles. The first-order valence-electron chi connectivity index (χ1n) is 8.94. The number of benzene rings is 2. The highest BCUT2D eigenvalue weighted by Gasteiger charge is 2.17. The van der Waals surface area contributed by atoms with Crippen LogP contribution in [0.2, 0.25) is 0 Å². The molecule has 0 atom stereocenters. The summed E-state index contributed by atoms with van der Waals surface area (Å²) < 4.78 is 19.4. The monoisotopic (exact) mass is 449 g/mol. The van der Waals surface area contributed by atoms with Crippen LogP contribution in [0.5, 0.6) is 0 Å². The normalized spacial score (nSPS) is 13.9.